The highest BCUT2D eigenvalue weighted by molar-refractivity contribution is 7.98. The van der Waals surface area contributed by atoms with Gasteiger partial charge in [-0.25, -0.2) is 4.98 Å². The van der Waals surface area contributed by atoms with Gasteiger partial charge in [-0.15, -0.1) is 11.8 Å². The molecule has 2 aromatic carbocycles. The van der Waals surface area contributed by atoms with Crippen LogP contribution in [0.5, 0.6) is 5.75 Å². The molecule has 1 aliphatic heterocycles. The quantitative estimate of drug-likeness (QED) is 0.345. The van der Waals surface area contributed by atoms with E-state index < -0.39 is 0 Å². The molecule has 2 aromatic heterocycles. The summed E-state index contributed by atoms with van der Waals surface area (Å²) in [5.74, 6) is 1.72. The molecule has 0 atom stereocenters. The Bertz CT molecular complexity index is 1250. The zero-order chi connectivity index (χ0) is 24.0. The molecule has 0 radical (unpaired) electrons. The molecule has 5 rings (SSSR count). The number of amides is 1. The van der Waals surface area contributed by atoms with Crippen molar-refractivity contribution in [2.75, 3.05) is 33.3 Å². The number of imidazole rings is 1. The predicted molar refractivity (Wildman–Crippen MR) is 140 cm³/mol. The number of pyridine rings is 1. The number of hydrogen-bond acceptors (Lipinski definition) is 5. The zero-order valence-electron chi connectivity index (χ0n) is 20.0. The number of rotatable bonds is 7. The summed E-state index contributed by atoms with van der Waals surface area (Å²) in [7, 11) is 1.69. The average molecular weight is 487 g/mol. The topological polar surface area (TPSA) is 50.1 Å². The lowest BCUT2D eigenvalue weighted by Crippen LogP contribution is -2.35. The monoisotopic (exact) mass is 486 g/mol. The van der Waals surface area contributed by atoms with E-state index in [4.69, 9.17) is 9.72 Å². The largest absolute Gasteiger partial charge is 0.497 e. The maximum absolute atomic E-state index is 13.5. The highest BCUT2D eigenvalue weighted by Crippen LogP contribution is 2.27. The van der Waals surface area contributed by atoms with Crippen LogP contribution in [-0.4, -0.2) is 58.4 Å². The van der Waals surface area contributed by atoms with Crippen LogP contribution in [0, 0.1) is 0 Å². The van der Waals surface area contributed by atoms with Crippen molar-refractivity contribution in [3.63, 3.8) is 0 Å². The Morgan fingerprint density at radius 2 is 1.80 bits per heavy atom. The van der Waals surface area contributed by atoms with Crippen molar-refractivity contribution in [3.8, 4) is 5.75 Å². The van der Waals surface area contributed by atoms with Crippen molar-refractivity contribution < 1.29 is 9.53 Å². The van der Waals surface area contributed by atoms with E-state index in [-0.39, 0.29) is 5.91 Å². The maximum Gasteiger partial charge on any atom is 0.255 e. The Kier molecular flexibility index (Phi) is 7.35. The third kappa shape index (κ3) is 5.69. The fourth-order valence-corrected chi connectivity index (χ4v) is 5.40. The molecule has 4 aromatic rings. The Balaban J connectivity index is 1.22. The van der Waals surface area contributed by atoms with Crippen LogP contribution in [0.15, 0.2) is 84.0 Å². The van der Waals surface area contributed by atoms with Gasteiger partial charge in [0.25, 0.3) is 5.91 Å². The first-order chi connectivity index (χ1) is 17.2. The summed E-state index contributed by atoms with van der Waals surface area (Å²) >= 11 is 1.67. The van der Waals surface area contributed by atoms with Gasteiger partial charge in [0.15, 0.2) is 0 Å². The lowest BCUT2D eigenvalue weighted by atomic mass is 10.2. The molecule has 7 heteroatoms. The van der Waals surface area contributed by atoms with Gasteiger partial charge in [0.05, 0.1) is 18.4 Å². The predicted octanol–water partition coefficient (Wildman–Crippen LogP) is 4.98. The number of carbonyl (C=O) groups excluding carboxylic acids is 1. The number of methoxy groups -OCH3 is 1. The van der Waals surface area contributed by atoms with E-state index in [0.29, 0.717) is 0 Å². The molecule has 1 fully saturated rings. The summed E-state index contributed by atoms with van der Waals surface area (Å²) in [4.78, 5) is 23.7. The highest BCUT2D eigenvalue weighted by atomic mass is 32.2. The smallest absolute Gasteiger partial charge is 0.255 e. The van der Waals surface area contributed by atoms with Gasteiger partial charge >= 0.3 is 0 Å². The Morgan fingerprint density at radius 3 is 2.63 bits per heavy atom. The second-order valence-electron chi connectivity index (χ2n) is 8.75. The molecule has 35 heavy (non-hydrogen) atoms. The molecule has 3 heterocycles. The number of carbonyl (C=O) groups is 1. The second kappa shape index (κ2) is 11.0. The SMILES string of the molecule is COc1ccc(CN2CCCN(C(=O)c3ccccc3SCc3cn4ccccc4n3)CC2)cc1. The second-order valence-corrected chi connectivity index (χ2v) is 9.77. The molecule has 1 saturated heterocycles. The molecule has 0 spiro atoms. The molecule has 0 unspecified atom stereocenters. The van der Waals surface area contributed by atoms with Gasteiger partial charge in [-0.05, 0) is 48.4 Å². The minimum atomic E-state index is 0.120. The summed E-state index contributed by atoms with van der Waals surface area (Å²) in [6.07, 6.45) is 5.03. The maximum atomic E-state index is 13.5. The standard InChI is InChI=1S/C28H30N4O2S/c1-34-24-12-10-22(11-13-24)19-30-14-6-16-31(18-17-30)28(33)25-7-2-3-8-26(25)35-21-23-20-32-15-5-4-9-27(32)29-23/h2-5,7-13,15,20H,6,14,16-19,21H2,1H3. The normalized spacial score (nSPS) is 14.7. The molecule has 1 amide bonds. The minimum Gasteiger partial charge on any atom is -0.497 e. The Morgan fingerprint density at radius 1 is 0.971 bits per heavy atom. The van der Waals surface area contributed by atoms with Crippen LogP contribution < -0.4 is 4.74 Å². The first-order valence-electron chi connectivity index (χ1n) is 12.0. The molecule has 6 nitrogen and oxygen atoms in total. The molecular formula is C28H30N4O2S. The highest BCUT2D eigenvalue weighted by Gasteiger charge is 2.22. The molecule has 0 aliphatic carbocycles. The summed E-state index contributed by atoms with van der Waals surface area (Å²) in [5.41, 5.74) is 3.99. The first kappa shape index (κ1) is 23.5. The fourth-order valence-electron chi connectivity index (χ4n) is 4.47. The number of ether oxygens (including phenoxy) is 1. The number of thioether (sulfide) groups is 1. The van der Waals surface area contributed by atoms with Crippen molar-refractivity contribution in [1.29, 1.82) is 0 Å². The van der Waals surface area contributed by atoms with Crippen LogP contribution in [0.1, 0.15) is 28.0 Å². The van der Waals surface area contributed by atoms with E-state index in [9.17, 15) is 4.79 Å². The van der Waals surface area contributed by atoms with Gasteiger partial charge in [-0.2, -0.15) is 0 Å². The van der Waals surface area contributed by atoms with E-state index in [2.05, 4.69) is 23.2 Å². The van der Waals surface area contributed by atoms with Gasteiger partial charge in [0.2, 0.25) is 0 Å². The third-order valence-corrected chi connectivity index (χ3v) is 7.45. The molecule has 1 aliphatic rings. The summed E-state index contributed by atoms with van der Waals surface area (Å²) < 4.78 is 7.29. The van der Waals surface area contributed by atoms with Crippen molar-refractivity contribution >= 4 is 23.3 Å². The van der Waals surface area contributed by atoms with Crippen LogP contribution >= 0.6 is 11.8 Å². The summed E-state index contributed by atoms with van der Waals surface area (Å²) in [6, 6.07) is 22.2. The fraction of sp³-hybridized carbons (Fsp3) is 0.286. The molecular weight excluding hydrogens is 456 g/mol. The third-order valence-electron chi connectivity index (χ3n) is 6.35. The number of fused-ring (bicyclic) bond motifs is 1. The zero-order valence-corrected chi connectivity index (χ0v) is 20.8. The first-order valence-corrected chi connectivity index (χ1v) is 13.0. The van der Waals surface area contributed by atoms with Crippen molar-refractivity contribution in [3.05, 3.63) is 95.9 Å². The van der Waals surface area contributed by atoms with Gasteiger partial charge in [-0.1, -0.05) is 30.3 Å². The van der Waals surface area contributed by atoms with Crippen molar-refractivity contribution in [2.24, 2.45) is 0 Å². The van der Waals surface area contributed by atoms with Crippen LogP contribution in [0.25, 0.3) is 5.65 Å². The average Bonchev–Trinajstić information content (AvgIpc) is 3.18. The summed E-state index contributed by atoms with van der Waals surface area (Å²) in [5, 5.41) is 0. The van der Waals surface area contributed by atoms with E-state index in [1.54, 1.807) is 18.9 Å². The molecule has 0 saturated carbocycles. The molecule has 0 N–H and O–H groups in total. The number of nitrogens with zero attached hydrogens (tertiary/aromatic N) is 4. The van der Waals surface area contributed by atoms with Gasteiger partial charge in [0, 0.05) is 55.8 Å². The Labute approximate surface area is 210 Å². The van der Waals surface area contributed by atoms with Crippen LogP contribution in [0.3, 0.4) is 0 Å². The van der Waals surface area contributed by atoms with Crippen LogP contribution in [-0.2, 0) is 12.3 Å². The molecule has 0 bridgehead atoms. The van der Waals surface area contributed by atoms with Crippen molar-refractivity contribution in [2.45, 2.75) is 23.6 Å². The van der Waals surface area contributed by atoms with Gasteiger partial charge < -0.3 is 14.0 Å². The van der Waals surface area contributed by atoms with E-state index in [1.165, 1.54) is 5.56 Å². The number of benzene rings is 2. The minimum absolute atomic E-state index is 0.120. The summed E-state index contributed by atoms with van der Waals surface area (Å²) in [6.45, 7) is 4.26. The lowest BCUT2D eigenvalue weighted by Gasteiger charge is -2.23. The van der Waals surface area contributed by atoms with E-state index in [1.807, 2.05) is 70.1 Å². The van der Waals surface area contributed by atoms with Crippen LogP contribution in [0.2, 0.25) is 0 Å². The number of aromatic nitrogens is 2. The molecule has 180 valence electrons. The van der Waals surface area contributed by atoms with E-state index in [0.717, 1.165) is 72.4 Å². The van der Waals surface area contributed by atoms with Gasteiger partial charge in [0.1, 0.15) is 11.4 Å². The Hall–Kier alpha value is -3.29. The van der Waals surface area contributed by atoms with E-state index >= 15 is 0 Å². The lowest BCUT2D eigenvalue weighted by molar-refractivity contribution is 0.0757. The number of hydrogen-bond donors (Lipinski definition) is 0. The van der Waals surface area contributed by atoms with Crippen molar-refractivity contribution in [1.82, 2.24) is 19.2 Å². The van der Waals surface area contributed by atoms with Gasteiger partial charge in [-0.3, -0.25) is 9.69 Å². The van der Waals surface area contributed by atoms with Crippen LogP contribution in [0.4, 0.5) is 0 Å².